The van der Waals surface area contributed by atoms with E-state index in [0.717, 1.165) is 24.8 Å². The maximum Gasteiger partial charge on any atom is 0.235 e. The summed E-state index contributed by atoms with van der Waals surface area (Å²) in [6, 6.07) is 10.1. The van der Waals surface area contributed by atoms with Crippen LogP contribution in [0, 0.1) is 29.1 Å². The van der Waals surface area contributed by atoms with E-state index in [9.17, 15) is 14.7 Å². The molecule has 0 saturated carbocycles. The number of aliphatic hydroxyl groups excluding tert-OH is 1. The molecule has 1 aliphatic heterocycles. The van der Waals surface area contributed by atoms with Gasteiger partial charge in [0.05, 0.1) is 6.10 Å². The van der Waals surface area contributed by atoms with Crippen LogP contribution in [0.25, 0.3) is 0 Å². The van der Waals surface area contributed by atoms with E-state index in [1.165, 1.54) is 11.6 Å². The Morgan fingerprint density at radius 2 is 1.85 bits per heavy atom. The number of nitrogens with one attached hydrogen (secondary N) is 1. The van der Waals surface area contributed by atoms with Crippen molar-refractivity contribution in [2.75, 3.05) is 0 Å². The molecule has 1 saturated heterocycles. The van der Waals surface area contributed by atoms with Gasteiger partial charge in [-0.15, -0.1) is 0 Å². The molecule has 1 aromatic carbocycles. The van der Waals surface area contributed by atoms with Crippen LogP contribution in [-0.2, 0) is 16.0 Å². The summed E-state index contributed by atoms with van der Waals surface area (Å²) in [5.74, 6) is -0.207. The van der Waals surface area contributed by atoms with E-state index in [1.807, 2.05) is 18.2 Å². The lowest BCUT2D eigenvalue weighted by molar-refractivity contribution is -0.142. The first-order chi connectivity index (χ1) is 15.8. The van der Waals surface area contributed by atoms with Crippen molar-refractivity contribution in [3.8, 4) is 0 Å². The Balaban J connectivity index is 1.80. The average Bonchev–Trinajstić information content (AvgIpc) is 3.08. The van der Waals surface area contributed by atoms with Crippen molar-refractivity contribution in [2.24, 2.45) is 29.1 Å². The minimum atomic E-state index is -1.18. The van der Waals surface area contributed by atoms with Crippen molar-refractivity contribution in [1.29, 1.82) is 0 Å². The third kappa shape index (κ3) is 4.50. The number of rotatable bonds is 2. The Hall–Kier alpha value is -2.46. The summed E-state index contributed by atoms with van der Waals surface area (Å²) >= 11 is 0. The lowest BCUT2D eigenvalue weighted by atomic mass is 9.55. The largest absolute Gasteiger partial charge is 0.389 e. The molecule has 2 N–H and O–H groups in total. The van der Waals surface area contributed by atoms with Gasteiger partial charge >= 0.3 is 0 Å². The van der Waals surface area contributed by atoms with Crippen LogP contribution < -0.4 is 5.32 Å². The smallest absolute Gasteiger partial charge is 0.235 e. The molecule has 1 spiro atoms. The SMILES string of the molecule is CC1=CC2C=CCC(C)CCCC(O)C=CC(=O)C23C(=O)NC(Cc2ccccc2)C3C1C. The third-order valence-corrected chi connectivity index (χ3v) is 8.13. The maximum atomic E-state index is 13.9. The lowest BCUT2D eigenvalue weighted by Gasteiger charge is -2.44. The number of aliphatic hydroxyl groups is 1. The predicted octanol–water partition coefficient (Wildman–Crippen LogP) is 4.79. The van der Waals surface area contributed by atoms with Gasteiger partial charge in [0.25, 0.3) is 0 Å². The number of carbonyl (C=O) groups is 2. The summed E-state index contributed by atoms with van der Waals surface area (Å²) < 4.78 is 0. The molecule has 3 aliphatic rings. The van der Waals surface area contributed by atoms with E-state index >= 15 is 0 Å². The van der Waals surface area contributed by atoms with Gasteiger partial charge in [-0.2, -0.15) is 0 Å². The molecule has 0 bridgehead atoms. The highest BCUT2D eigenvalue weighted by atomic mass is 16.3. The van der Waals surface area contributed by atoms with E-state index < -0.39 is 11.5 Å². The Labute approximate surface area is 197 Å². The van der Waals surface area contributed by atoms with Gasteiger partial charge in [-0.25, -0.2) is 0 Å². The van der Waals surface area contributed by atoms with Crippen LogP contribution in [-0.4, -0.2) is 28.9 Å². The van der Waals surface area contributed by atoms with Crippen molar-refractivity contribution >= 4 is 11.7 Å². The predicted molar refractivity (Wildman–Crippen MR) is 131 cm³/mol. The molecule has 0 aromatic heterocycles. The quantitative estimate of drug-likeness (QED) is 0.506. The highest BCUT2D eigenvalue weighted by Gasteiger charge is 2.64. The molecule has 4 rings (SSSR count). The highest BCUT2D eigenvalue weighted by Crippen LogP contribution is 2.54. The number of amides is 1. The number of carbonyl (C=O) groups excluding carboxylic acids is 2. The van der Waals surface area contributed by atoms with Crippen LogP contribution >= 0.6 is 0 Å². The zero-order chi connectivity index (χ0) is 23.6. The van der Waals surface area contributed by atoms with Crippen LogP contribution in [0.15, 0.2) is 66.3 Å². The zero-order valence-corrected chi connectivity index (χ0v) is 20.0. The standard InChI is InChI=1S/C29H37NO3/c1-19-9-7-13-23-17-20(2)21(3)27-25(18-22-11-5-4-6-12-22)30-28(33)29(23,27)26(32)16-15-24(31)14-8-10-19/h4-7,11-13,15-17,19,21,23-25,27,31H,8-10,14,18H2,1-3H3,(H,30,33). The summed E-state index contributed by atoms with van der Waals surface area (Å²) in [6.07, 6.45) is 13.0. The number of ketones is 1. The van der Waals surface area contributed by atoms with Gasteiger partial charge < -0.3 is 10.4 Å². The van der Waals surface area contributed by atoms with Crippen LogP contribution in [0.4, 0.5) is 0 Å². The van der Waals surface area contributed by atoms with Crippen molar-refractivity contribution in [3.63, 3.8) is 0 Å². The molecule has 7 atom stereocenters. The van der Waals surface area contributed by atoms with Crippen LogP contribution in [0.2, 0.25) is 0 Å². The highest BCUT2D eigenvalue weighted by molar-refractivity contribution is 6.13. The van der Waals surface area contributed by atoms with E-state index in [1.54, 1.807) is 6.08 Å². The Morgan fingerprint density at radius 1 is 1.09 bits per heavy atom. The first kappa shape index (κ1) is 23.7. The summed E-state index contributed by atoms with van der Waals surface area (Å²) in [5, 5.41) is 13.7. The van der Waals surface area contributed by atoms with Crippen molar-refractivity contribution < 1.29 is 14.7 Å². The van der Waals surface area contributed by atoms with Gasteiger partial charge in [0.15, 0.2) is 5.78 Å². The minimum Gasteiger partial charge on any atom is -0.389 e. The fourth-order valence-corrected chi connectivity index (χ4v) is 6.19. The zero-order valence-electron chi connectivity index (χ0n) is 20.0. The second kappa shape index (κ2) is 9.80. The van der Waals surface area contributed by atoms with E-state index in [-0.39, 0.29) is 35.5 Å². The Bertz CT molecular complexity index is 962. The van der Waals surface area contributed by atoms with E-state index in [0.29, 0.717) is 18.8 Å². The molecule has 33 heavy (non-hydrogen) atoms. The Morgan fingerprint density at radius 3 is 2.61 bits per heavy atom. The summed E-state index contributed by atoms with van der Waals surface area (Å²) in [4.78, 5) is 27.7. The van der Waals surface area contributed by atoms with Crippen LogP contribution in [0.3, 0.4) is 0 Å². The van der Waals surface area contributed by atoms with Crippen molar-refractivity contribution in [1.82, 2.24) is 5.32 Å². The molecule has 1 fully saturated rings. The van der Waals surface area contributed by atoms with Gasteiger partial charge in [0, 0.05) is 17.9 Å². The second-order valence-corrected chi connectivity index (χ2v) is 10.4. The third-order valence-electron chi connectivity index (χ3n) is 8.13. The van der Waals surface area contributed by atoms with Gasteiger partial charge in [-0.05, 0) is 49.7 Å². The molecule has 4 nitrogen and oxygen atoms in total. The molecule has 4 heteroatoms. The van der Waals surface area contributed by atoms with Gasteiger partial charge in [-0.3, -0.25) is 9.59 Å². The molecule has 1 amide bonds. The second-order valence-electron chi connectivity index (χ2n) is 10.4. The summed E-state index contributed by atoms with van der Waals surface area (Å²) in [6.45, 7) is 6.49. The minimum absolute atomic E-state index is 0.0965. The lowest BCUT2D eigenvalue weighted by Crippen LogP contribution is -2.51. The summed E-state index contributed by atoms with van der Waals surface area (Å²) in [7, 11) is 0. The van der Waals surface area contributed by atoms with Crippen LogP contribution in [0.1, 0.15) is 52.0 Å². The van der Waals surface area contributed by atoms with Gasteiger partial charge in [0.1, 0.15) is 5.41 Å². The Kier molecular flexibility index (Phi) is 7.04. The number of hydrogen-bond acceptors (Lipinski definition) is 3. The molecule has 7 unspecified atom stereocenters. The fourth-order valence-electron chi connectivity index (χ4n) is 6.19. The van der Waals surface area contributed by atoms with Crippen LogP contribution in [0.5, 0.6) is 0 Å². The molecule has 1 heterocycles. The number of benzene rings is 1. The van der Waals surface area contributed by atoms with E-state index in [4.69, 9.17) is 0 Å². The first-order valence-electron chi connectivity index (χ1n) is 12.4. The van der Waals surface area contributed by atoms with Crippen molar-refractivity contribution in [2.45, 2.75) is 65.0 Å². The molecule has 1 aromatic rings. The van der Waals surface area contributed by atoms with E-state index in [2.05, 4.69) is 56.4 Å². The molecule has 176 valence electrons. The fraction of sp³-hybridized carbons (Fsp3) is 0.517. The maximum absolute atomic E-state index is 13.9. The first-order valence-corrected chi connectivity index (χ1v) is 12.4. The molecular formula is C29H37NO3. The number of hydrogen-bond donors (Lipinski definition) is 2. The molecule has 2 aliphatic carbocycles. The van der Waals surface area contributed by atoms with Gasteiger partial charge in [0.2, 0.25) is 5.91 Å². The monoisotopic (exact) mass is 447 g/mol. The summed E-state index contributed by atoms with van der Waals surface area (Å²) in [5.41, 5.74) is 1.21. The molecular weight excluding hydrogens is 410 g/mol. The normalized spacial score (nSPS) is 37.2. The van der Waals surface area contributed by atoms with Gasteiger partial charge in [-0.1, -0.05) is 86.9 Å². The average molecular weight is 448 g/mol. The molecule has 0 radical (unpaired) electrons. The number of allylic oxidation sites excluding steroid dienone is 5. The van der Waals surface area contributed by atoms with Crippen molar-refractivity contribution in [3.05, 3.63) is 71.8 Å². The topological polar surface area (TPSA) is 66.4 Å².